The summed E-state index contributed by atoms with van der Waals surface area (Å²) in [5, 5.41) is 2.82. The molecule has 2 unspecified atom stereocenters. The molecule has 1 aliphatic heterocycles. The number of rotatable bonds is 3. The number of nitrogens with one attached hydrogen (secondary N) is 1. The van der Waals surface area contributed by atoms with E-state index in [2.05, 4.69) is 21.2 Å². The van der Waals surface area contributed by atoms with Crippen molar-refractivity contribution in [3.05, 3.63) is 34.1 Å². The molecule has 0 saturated carbocycles. The predicted molar refractivity (Wildman–Crippen MR) is 65.6 cm³/mol. The van der Waals surface area contributed by atoms with Crippen molar-refractivity contribution in [3.8, 4) is 0 Å². The zero-order valence-electron chi connectivity index (χ0n) is 9.46. The SMILES string of the molecule is O=CC1COCC(CF)(c2cc(Br)ccc2F)N1. The van der Waals surface area contributed by atoms with Gasteiger partial charge in [0.2, 0.25) is 0 Å². The van der Waals surface area contributed by atoms with Crippen LogP contribution in [-0.2, 0) is 15.1 Å². The number of aldehydes is 1. The maximum atomic E-state index is 13.8. The maximum absolute atomic E-state index is 13.8. The molecule has 0 radical (unpaired) electrons. The van der Waals surface area contributed by atoms with E-state index in [1.807, 2.05) is 0 Å². The van der Waals surface area contributed by atoms with Gasteiger partial charge < -0.3 is 9.53 Å². The van der Waals surface area contributed by atoms with Gasteiger partial charge in [-0.15, -0.1) is 0 Å². The van der Waals surface area contributed by atoms with Gasteiger partial charge in [-0.3, -0.25) is 5.32 Å². The largest absolute Gasteiger partial charge is 0.377 e. The first-order chi connectivity index (χ1) is 8.61. The van der Waals surface area contributed by atoms with Crippen molar-refractivity contribution in [2.45, 2.75) is 11.6 Å². The van der Waals surface area contributed by atoms with E-state index in [-0.39, 0.29) is 18.8 Å². The Labute approximate surface area is 112 Å². The normalized spacial score (nSPS) is 28.1. The lowest BCUT2D eigenvalue weighted by atomic mass is 9.89. The van der Waals surface area contributed by atoms with E-state index in [4.69, 9.17) is 4.74 Å². The fourth-order valence-corrected chi connectivity index (χ4v) is 2.40. The van der Waals surface area contributed by atoms with Crippen LogP contribution in [0, 0.1) is 5.82 Å². The van der Waals surface area contributed by atoms with Crippen LogP contribution >= 0.6 is 15.9 Å². The number of carbonyl (C=O) groups excluding carboxylic acids is 1. The number of hydrogen-bond acceptors (Lipinski definition) is 3. The highest BCUT2D eigenvalue weighted by molar-refractivity contribution is 9.10. The van der Waals surface area contributed by atoms with Crippen LogP contribution in [0.2, 0.25) is 0 Å². The molecule has 0 aromatic heterocycles. The third-order valence-electron chi connectivity index (χ3n) is 2.94. The summed E-state index contributed by atoms with van der Waals surface area (Å²) < 4.78 is 33.1. The number of alkyl halides is 1. The molecule has 0 aliphatic carbocycles. The molecule has 1 heterocycles. The van der Waals surface area contributed by atoms with E-state index in [1.54, 1.807) is 0 Å². The standard InChI is InChI=1S/C12H12BrF2NO2/c13-8-1-2-11(15)10(3-8)12(6-14)7-18-5-9(4-17)16-12/h1-4,9,16H,5-7H2. The molecule has 1 aromatic carbocycles. The first-order valence-electron chi connectivity index (χ1n) is 5.43. The van der Waals surface area contributed by atoms with Crippen molar-refractivity contribution in [1.29, 1.82) is 0 Å². The molecule has 6 heteroatoms. The third-order valence-corrected chi connectivity index (χ3v) is 3.44. The molecule has 3 nitrogen and oxygen atoms in total. The summed E-state index contributed by atoms with van der Waals surface area (Å²) in [5.74, 6) is -0.529. The summed E-state index contributed by atoms with van der Waals surface area (Å²) in [4.78, 5) is 10.8. The van der Waals surface area contributed by atoms with Gasteiger partial charge in [-0.25, -0.2) is 8.78 Å². The van der Waals surface area contributed by atoms with Crippen molar-refractivity contribution < 1.29 is 18.3 Å². The Morgan fingerprint density at radius 2 is 2.39 bits per heavy atom. The van der Waals surface area contributed by atoms with E-state index >= 15 is 0 Å². The molecule has 0 amide bonds. The zero-order chi connectivity index (χ0) is 13.2. The van der Waals surface area contributed by atoms with Crippen molar-refractivity contribution in [2.75, 3.05) is 19.9 Å². The van der Waals surface area contributed by atoms with E-state index in [1.165, 1.54) is 18.2 Å². The Kier molecular flexibility index (Phi) is 4.09. The predicted octanol–water partition coefficient (Wildman–Crippen LogP) is 1.94. The third kappa shape index (κ3) is 2.46. The number of hydrogen-bond donors (Lipinski definition) is 1. The van der Waals surface area contributed by atoms with Crippen LogP contribution in [0.1, 0.15) is 5.56 Å². The van der Waals surface area contributed by atoms with Gasteiger partial charge in [0.15, 0.2) is 0 Å². The summed E-state index contributed by atoms with van der Waals surface area (Å²) in [6.07, 6.45) is 0.638. The van der Waals surface area contributed by atoms with Crippen molar-refractivity contribution in [1.82, 2.24) is 5.32 Å². The Morgan fingerprint density at radius 3 is 3.06 bits per heavy atom. The average Bonchev–Trinajstić information content (AvgIpc) is 2.41. The van der Waals surface area contributed by atoms with Gasteiger partial charge in [-0.05, 0) is 18.2 Å². The van der Waals surface area contributed by atoms with Crippen molar-refractivity contribution in [3.63, 3.8) is 0 Å². The van der Waals surface area contributed by atoms with Crippen LogP contribution in [0.15, 0.2) is 22.7 Å². The maximum Gasteiger partial charge on any atom is 0.139 e. The van der Waals surface area contributed by atoms with Gasteiger partial charge in [0.1, 0.15) is 18.8 Å². The lowest BCUT2D eigenvalue weighted by molar-refractivity contribution is -0.115. The number of morpholine rings is 1. The molecule has 2 rings (SSSR count). The molecule has 1 saturated heterocycles. The minimum absolute atomic E-state index is 0.0127. The average molecular weight is 320 g/mol. The second-order valence-corrected chi connectivity index (χ2v) is 5.16. The van der Waals surface area contributed by atoms with E-state index < -0.39 is 24.1 Å². The molecular weight excluding hydrogens is 308 g/mol. The van der Waals surface area contributed by atoms with Crippen LogP contribution in [0.25, 0.3) is 0 Å². The molecule has 2 atom stereocenters. The van der Waals surface area contributed by atoms with Crippen LogP contribution in [0.3, 0.4) is 0 Å². The quantitative estimate of drug-likeness (QED) is 0.865. The van der Waals surface area contributed by atoms with E-state index in [0.717, 1.165) is 0 Å². The molecule has 98 valence electrons. The van der Waals surface area contributed by atoms with Gasteiger partial charge >= 0.3 is 0 Å². The van der Waals surface area contributed by atoms with Gasteiger partial charge in [0.05, 0.1) is 24.8 Å². The number of ether oxygens (including phenoxy) is 1. The summed E-state index contributed by atoms with van der Waals surface area (Å²) in [6, 6.07) is 3.65. The monoisotopic (exact) mass is 319 g/mol. The minimum atomic E-state index is -1.31. The lowest BCUT2D eigenvalue weighted by Gasteiger charge is -2.39. The molecule has 1 N–H and O–H groups in total. The topological polar surface area (TPSA) is 38.3 Å². The van der Waals surface area contributed by atoms with Gasteiger partial charge in [0, 0.05) is 10.0 Å². The number of carbonyl (C=O) groups is 1. The second-order valence-electron chi connectivity index (χ2n) is 4.24. The number of benzene rings is 1. The van der Waals surface area contributed by atoms with Crippen molar-refractivity contribution >= 4 is 22.2 Å². The summed E-state index contributed by atoms with van der Waals surface area (Å²) in [6.45, 7) is -0.702. The van der Waals surface area contributed by atoms with E-state index in [0.29, 0.717) is 10.8 Å². The molecule has 1 fully saturated rings. The Morgan fingerprint density at radius 1 is 1.61 bits per heavy atom. The molecular formula is C12H12BrF2NO2. The van der Waals surface area contributed by atoms with Gasteiger partial charge in [-0.2, -0.15) is 0 Å². The highest BCUT2D eigenvalue weighted by Gasteiger charge is 2.40. The van der Waals surface area contributed by atoms with Crippen molar-refractivity contribution in [2.24, 2.45) is 0 Å². The first-order valence-corrected chi connectivity index (χ1v) is 6.23. The smallest absolute Gasteiger partial charge is 0.139 e. The summed E-state index contributed by atoms with van der Waals surface area (Å²) >= 11 is 3.22. The Hall–Kier alpha value is -0.850. The van der Waals surface area contributed by atoms with Crippen LogP contribution in [0.4, 0.5) is 8.78 Å². The lowest BCUT2D eigenvalue weighted by Crippen LogP contribution is -2.59. The molecule has 18 heavy (non-hydrogen) atoms. The van der Waals surface area contributed by atoms with Gasteiger partial charge in [-0.1, -0.05) is 15.9 Å². The highest BCUT2D eigenvalue weighted by Crippen LogP contribution is 2.30. The molecule has 0 bridgehead atoms. The van der Waals surface area contributed by atoms with Crippen LogP contribution < -0.4 is 5.32 Å². The second kappa shape index (κ2) is 5.42. The minimum Gasteiger partial charge on any atom is -0.377 e. The summed E-state index contributed by atoms with van der Waals surface area (Å²) in [5.41, 5.74) is -1.15. The molecule has 1 aliphatic rings. The molecule has 0 spiro atoms. The number of halogens is 3. The summed E-state index contributed by atoms with van der Waals surface area (Å²) in [7, 11) is 0. The van der Waals surface area contributed by atoms with Crippen LogP contribution in [-0.4, -0.2) is 32.2 Å². The molecule has 1 aromatic rings. The van der Waals surface area contributed by atoms with Gasteiger partial charge in [0.25, 0.3) is 0 Å². The fourth-order valence-electron chi connectivity index (χ4n) is 2.04. The first kappa shape index (κ1) is 13.6. The fraction of sp³-hybridized carbons (Fsp3) is 0.417. The Balaban J connectivity index is 2.42. The van der Waals surface area contributed by atoms with E-state index in [9.17, 15) is 13.6 Å². The zero-order valence-corrected chi connectivity index (χ0v) is 11.0. The highest BCUT2D eigenvalue weighted by atomic mass is 79.9. The van der Waals surface area contributed by atoms with Crippen LogP contribution in [0.5, 0.6) is 0 Å². The Bertz CT molecular complexity index is 458.